The number of fused-ring (bicyclic) bond motifs is 1. The lowest BCUT2D eigenvalue weighted by Crippen LogP contribution is -1.92. The molecule has 0 radical (unpaired) electrons. The average Bonchev–Trinajstić information content (AvgIpc) is 2.80. The van der Waals surface area contributed by atoms with E-state index in [1.807, 2.05) is 0 Å². The van der Waals surface area contributed by atoms with Crippen LogP contribution < -0.4 is 5.73 Å². The van der Waals surface area contributed by atoms with Crippen LogP contribution in [0, 0.1) is 5.82 Å². The van der Waals surface area contributed by atoms with Crippen molar-refractivity contribution in [3.63, 3.8) is 0 Å². The molecule has 0 spiro atoms. The van der Waals surface area contributed by atoms with Gasteiger partial charge in [0, 0.05) is 18.8 Å². The smallest absolute Gasteiger partial charge is 0.224 e. The Morgan fingerprint density at radius 2 is 2.11 bits per heavy atom. The van der Waals surface area contributed by atoms with Gasteiger partial charge in [-0.25, -0.2) is 14.0 Å². The highest BCUT2D eigenvalue weighted by atomic mass is 35.5. The second-order valence-electron chi connectivity index (χ2n) is 3.68. The third-order valence-electron chi connectivity index (χ3n) is 2.51. The fourth-order valence-corrected chi connectivity index (χ4v) is 1.90. The highest BCUT2D eigenvalue weighted by molar-refractivity contribution is 6.33. The standard InChI is InChI=1S/C11H6ClFN4O.H2/c12-7-3-9(14)8(13)2-6(7)5-1-10-11(15-4-5)17-18-16-10;/h1-4H,14H2;1H. The van der Waals surface area contributed by atoms with Crippen molar-refractivity contribution in [3.05, 3.63) is 35.2 Å². The fourth-order valence-electron chi connectivity index (χ4n) is 1.62. The van der Waals surface area contributed by atoms with Gasteiger partial charge >= 0.3 is 0 Å². The molecule has 2 heterocycles. The Bertz CT molecular complexity index is 749. The number of halogens is 2. The average molecular weight is 267 g/mol. The van der Waals surface area contributed by atoms with Crippen molar-refractivity contribution in [2.24, 2.45) is 0 Å². The second kappa shape index (κ2) is 3.92. The monoisotopic (exact) mass is 266 g/mol. The molecule has 0 amide bonds. The zero-order valence-corrected chi connectivity index (χ0v) is 9.65. The summed E-state index contributed by atoms with van der Waals surface area (Å²) in [6.45, 7) is 0. The Morgan fingerprint density at radius 1 is 1.28 bits per heavy atom. The lowest BCUT2D eigenvalue weighted by Gasteiger charge is -2.05. The minimum Gasteiger partial charge on any atom is -0.396 e. The molecule has 2 aromatic heterocycles. The summed E-state index contributed by atoms with van der Waals surface area (Å²) in [6.07, 6.45) is 1.52. The molecule has 0 saturated carbocycles. The van der Waals surface area contributed by atoms with E-state index in [0.29, 0.717) is 27.3 Å². The molecule has 5 nitrogen and oxygen atoms in total. The molecule has 0 unspecified atom stereocenters. The van der Waals surface area contributed by atoms with Gasteiger partial charge in [-0.2, -0.15) is 0 Å². The highest BCUT2D eigenvalue weighted by Crippen LogP contribution is 2.31. The van der Waals surface area contributed by atoms with E-state index < -0.39 is 5.82 Å². The largest absolute Gasteiger partial charge is 0.396 e. The topological polar surface area (TPSA) is 77.8 Å². The number of anilines is 1. The SMILES string of the molecule is Nc1cc(Cl)c(-c2cnc3nonc3c2)cc1F.[HH]. The number of nitrogen functional groups attached to an aromatic ring is 1. The van der Waals surface area contributed by atoms with Gasteiger partial charge in [-0.15, -0.1) is 0 Å². The van der Waals surface area contributed by atoms with Crippen molar-refractivity contribution >= 4 is 28.5 Å². The van der Waals surface area contributed by atoms with Gasteiger partial charge in [0.2, 0.25) is 5.65 Å². The van der Waals surface area contributed by atoms with E-state index in [1.165, 1.54) is 18.3 Å². The number of nitrogens with two attached hydrogens (primary N) is 1. The van der Waals surface area contributed by atoms with Crippen molar-refractivity contribution in [2.75, 3.05) is 5.73 Å². The fraction of sp³-hybridized carbons (Fsp3) is 0. The van der Waals surface area contributed by atoms with Gasteiger partial charge in [0.05, 0.1) is 10.7 Å². The Morgan fingerprint density at radius 3 is 2.94 bits per heavy atom. The van der Waals surface area contributed by atoms with Crippen molar-refractivity contribution in [2.45, 2.75) is 0 Å². The van der Waals surface area contributed by atoms with Crippen LogP contribution in [-0.2, 0) is 0 Å². The first-order valence-electron chi connectivity index (χ1n) is 4.98. The molecule has 0 atom stereocenters. The molecule has 7 heteroatoms. The van der Waals surface area contributed by atoms with Crippen molar-refractivity contribution in [1.82, 2.24) is 15.3 Å². The number of hydrogen-bond donors (Lipinski definition) is 1. The molecule has 0 aliphatic rings. The number of hydrogen-bond acceptors (Lipinski definition) is 5. The van der Waals surface area contributed by atoms with E-state index in [1.54, 1.807) is 6.07 Å². The Labute approximate surface area is 107 Å². The van der Waals surface area contributed by atoms with Crippen LogP contribution in [0.4, 0.5) is 10.1 Å². The lowest BCUT2D eigenvalue weighted by atomic mass is 10.1. The van der Waals surface area contributed by atoms with Crippen LogP contribution in [0.25, 0.3) is 22.3 Å². The molecule has 0 bridgehead atoms. The predicted octanol–water partition coefficient (Wildman–Crippen LogP) is 2.91. The zero-order chi connectivity index (χ0) is 12.7. The second-order valence-corrected chi connectivity index (χ2v) is 4.09. The molecule has 92 valence electrons. The van der Waals surface area contributed by atoms with Crippen LogP contribution in [0.3, 0.4) is 0 Å². The van der Waals surface area contributed by atoms with Gasteiger partial charge in [-0.1, -0.05) is 11.6 Å². The zero-order valence-electron chi connectivity index (χ0n) is 8.89. The first-order chi connectivity index (χ1) is 8.65. The molecular formula is C11H8ClFN4O. The molecule has 0 fully saturated rings. The maximum absolute atomic E-state index is 13.4. The third-order valence-corrected chi connectivity index (χ3v) is 2.82. The Hall–Kier alpha value is -2.21. The van der Waals surface area contributed by atoms with Gasteiger partial charge in [0.1, 0.15) is 5.82 Å². The molecule has 2 N–H and O–H groups in total. The number of rotatable bonds is 1. The van der Waals surface area contributed by atoms with Crippen LogP contribution in [-0.4, -0.2) is 15.3 Å². The highest BCUT2D eigenvalue weighted by Gasteiger charge is 2.11. The summed E-state index contributed by atoms with van der Waals surface area (Å²) < 4.78 is 18.0. The van der Waals surface area contributed by atoms with Crippen LogP contribution >= 0.6 is 11.6 Å². The first kappa shape index (κ1) is 10.9. The summed E-state index contributed by atoms with van der Waals surface area (Å²) in [7, 11) is 0. The van der Waals surface area contributed by atoms with E-state index in [-0.39, 0.29) is 7.11 Å². The Balaban J connectivity index is 0.00000133. The molecule has 0 aliphatic heterocycles. The third kappa shape index (κ3) is 1.67. The summed E-state index contributed by atoms with van der Waals surface area (Å²) in [6, 6.07) is 4.28. The van der Waals surface area contributed by atoms with Gasteiger partial charge in [-0.05, 0) is 28.5 Å². The van der Waals surface area contributed by atoms with Gasteiger partial charge in [0.15, 0.2) is 5.52 Å². The first-order valence-corrected chi connectivity index (χ1v) is 5.36. The number of pyridine rings is 1. The van der Waals surface area contributed by atoms with Crippen molar-refractivity contribution in [3.8, 4) is 11.1 Å². The van der Waals surface area contributed by atoms with Gasteiger partial charge in [-0.3, -0.25) is 0 Å². The molecule has 1 aromatic carbocycles. The van der Waals surface area contributed by atoms with Crippen LogP contribution in [0.5, 0.6) is 0 Å². The van der Waals surface area contributed by atoms with Crippen LogP contribution in [0.2, 0.25) is 5.02 Å². The maximum Gasteiger partial charge on any atom is 0.224 e. The van der Waals surface area contributed by atoms with E-state index >= 15 is 0 Å². The summed E-state index contributed by atoms with van der Waals surface area (Å²) >= 11 is 6.03. The van der Waals surface area contributed by atoms with Crippen LogP contribution in [0.15, 0.2) is 29.0 Å². The van der Waals surface area contributed by atoms with Crippen LogP contribution in [0.1, 0.15) is 1.43 Å². The number of nitrogens with zero attached hydrogens (tertiary/aromatic N) is 3. The molecule has 0 saturated heterocycles. The molecule has 3 aromatic rings. The maximum atomic E-state index is 13.4. The van der Waals surface area contributed by atoms with E-state index in [2.05, 4.69) is 19.9 Å². The van der Waals surface area contributed by atoms with E-state index in [4.69, 9.17) is 17.3 Å². The lowest BCUT2D eigenvalue weighted by molar-refractivity contribution is 0.315. The van der Waals surface area contributed by atoms with Crippen molar-refractivity contribution < 1.29 is 10.4 Å². The van der Waals surface area contributed by atoms with E-state index in [9.17, 15) is 4.39 Å². The summed E-state index contributed by atoms with van der Waals surface area (Å²) in [4.78, 5) is 4.03. The molecule has 0 aliphatic carbocycles. The summed E-state index contributed by atoms with van der Waals surface area (Å²) in [5.74, 6) is -0.534. The molecular weight excluding hydrogens is 259 g/mol. The molecule has 18 heavy (non-hydrogen) atoms. The minimum absolute atomic E-state index is 0. The summed E-state index contributed by atoms with van der Waals surface area (Å²) in [5, 5.41) is 7.59. The van der Waals surface area contributed by atoms with Gasteiger partial charge in [0.25, 0.3) is 0 Å². The molecule has 3 rings (SSSR count). The summed E-state index contributed by atoms with van der Waals surface area (Å²) in [5.41, 5.74) is 7.38. The number of benzene rings is 1. The van der Waals surface area contributed by atoms with Gasteiger partial charge < -0.3 is 5.73 Å². The quantitative estimate of drug-likeness (QED) is 0.685. The predicted molar refractivity (Wildman–Crippen MR) is 66.5 cm³/mol. The Kier molecular flexibility index (Phi) is 2.38. The van der Waals surface area contributed by atoms with Crippen molar-refractivity contribution in [1.29, 1.82) is 0 Å². The normalized spacial score (nSPS) is 11.0. The van der Waals surface area contributed by atoms with E-state index in [0.717, 1.165) is 0 Å². The number of aromatic nitrogens is 3. The minimum atomic E-state index is -0.534.